The largest absolute Gasteiger partial charge is 0.383 e. The number of nitrogens with one attached hydrogen (secondary N) is 2. The van der Waals surface area contributed by atoms with Crippen LogP contribution in [0.15, 0.2) is 6.33 Å². The normalized spacial score (nSPS) is 17.4. The molecule has 8 heteroatoms. The standard InChI is InChI=1S/C13H18ClN7/c1-3-9-19-10-5-4-8(6-21(10)20-9)18-13-11(15-2)12(14)16-7-17-13/h7-8,15H,3-6H2,1-2H3,(H,16,17,18). The highest BCUT2D eigenvalue weighted by Gasteiger charge is 2.22. The van der Waals surface area contributed by atoms with Crippen LogP contribution in [0.1, 0.15) is 25.0 Å². The van der Waals surface area contributed by atoms with Crippen molar-refractivity contribution < 1.29 is 0 Å². The van der Waals surface area contributed by atoms with Gasteiger partial charge in [0.2, 0.25) is 0 Å². The van der Waals surface area contributed by atoms with E-state index in [1.807, 2.05) is 4.68 Å². The van der Waals surface area contributed by atoms with Crippen LogP contribution in [0.4, 0.5) is 11.5 Å². The molecule has 2 aromatic heterocycles. The minimum absolute atomic E-state index is 0.252. The molecule has 0 aliphatic carbocycles. The molecular formula is C13H18ClN7. The molecule has 0 radical (unpaired) electrons. The highest BCUT2D eigenvalue weighted by molar-refractivity contribution is 6.32. The molecule has 1 atom stereocenters. The van der Waals surface area contributed by atoms with Gasteiger partial charge in [0.25, 0.3) is 0 Å². The third-order valence-electron chi connectivity index (χ3n) is 3.61. The smallest absolute Gasteiger partial charge is 0.157 e. The molecule has 0 aromatic carbocycles. The fourth-order valence-corrected chi connectivity index (χ4v) is 2.74. The molecule has 0 saturated heterocycles. The Labute approximate surface area is 128 Å². The van der Waals surface area contributed by atoms with E-state index >= 15 is 0 Å². The Morgan fingerprint density at radius 3 is 3.05 bits per heavy atom. The van der Waals surface area contributed by atoms with Crippen molar-refractivity contribution in [3.05, 3.63) is 23.1 Å². The zero-order valence-corrected chi connectivity index (χ0v) is 12.9. The minimum Gasteiger partial charge on any atom is -0.383 e. The summed E-state index contributed by atoms with van der Waals surface area (Å²) in [7, 11) is 1.81. The second kappa shape index (κ2) is 5.85. The van der Waals surface area contributed by atoms with Crippen LogP contribution in [0.2, 0.25) is 5.15 Å². The third kappa shape index (κ3) is 2.78. The molecule has 2 aromatic rings. The molecule has 3 heterocycles. The predicted octanol–water partition coefficient (Wildman–Crippen LogP) is 1.75. The van der Waals surface area contributed by atoms with Crippen LogP contribution < -0.4 is 10.6 Å². The first kappa shape index (κ1) is 14.1. The summed E-state index contributed by atoms with van der Waals surface area (Å²) < 4.78 is 1.99. The summed E-state index contributed by atoms with van der Waals surface area (Å²) in [5.41, 5.74) is 0.720. The summed E-state index contributed by atoms with van der Waals surface area (Å²) >= 11 is 6.07. The van der Waals surface area contributed by atoms with Crippen molar-refractivity contribution in [2.24, 2.45) is 0 Å². The lowest BCUT2D eigenvalue weighted by Crippen LogP contribution is -2.32. The number of hydrogen-bond acceptors (Lipinski definition) is 6. The summed E-state index contributed by atoms with van der Waals surface area (Å²) in [5, 5.41) is 11.4. The van der Waals surface area contributed by atoms with Crippen molar-refractivity contribution in [3.8, 4) is 0 Å². The van der Waals surface area contributed by atoms with Crippen LogP contribution in [0.25, 0.3) is 0 Å². The fraction of sp³-hybridized carbons (Fsp3) is 0.538. The van der Waals surface area contributed by atoms with Gasteiger partial charge in [0.1, 0.15) is 17.8 Å². The molecular weight excluding hydrogens is 290 g/mol. The lowest BCUT2D eigenvalue weighted by molar-refractivity contribution is 0.440. The van der Waals surface area contributed by atoms with E-state index in [1.165, 1.54) is 6.33 Å². The van der Waals surface area contributed by atoms with Crippen LogP contribution in [0.5, 0.6) is 0 Å². The lowest BCUT2D eigenvalue weighted by Gasteiger charge is -2.24. The zero-order valence-electron chi connectivity index (χ0n) is 12.1. The topological polar surface area (TPSA) is 80.6 Å². The van der Waals surface area contributed by atoms with Crippen LogP contribution >= 0.6 is 11.6 Å². The van der Waals surface area contributed by atoms with E-state index in [0.29, 0.717) is 5.15 Å². The molecule has 0 bridgehead atoms. The Morgan fingerprint density at radius 2 is 2.29 bits per heavy atom. The van der Waals surface area contributed by atoms with E-state index < -0.39 is 0 Å². The van der Waals surface area contributed by atoms with E-state index in [1.54, 1.807) is 7.05 Å². The number of nitrogens with zero attached hydrogens (tertiary/aromatic N) is 5. The molecule has 1 aliphatic heterocycles. The number of halogens is 1. The Bertz CT molecular complexity index is 639. The van der Waals surface area contributed by atoms with Gasteiger partial charge in [0.15, 0.2) is 16.8 Å². The van der Waals surface area contributed by atoms with Crippen molar-refractivity contribution in [2.45, 2.75) is 38.8 Å². The van der Waals surface area contributed by atoms with Gasteiger partial charge in [-0.25, -0.2) is 19.6 Å². The third-order valence-corrected chi connectivity index (χ3v) is 3.90. The summed E-state index contributed by atoms with van der Waals surface area (Å²) in [6, 6.07) is 0.252. The molecule has 1 aliphatic rings. The van der Waals surface area contributed by atoms with Gasteiger partial charge in [-0.15, -0.1) is 0 Å². The van der Waals surface area contributed by atoms with Crippen molar-refractivity contribution in [1.82, 2.24) is 24.7 Å². The quantitative estimate of drug-likeness (QED) is 0.838. The lowest BCUT2D eigenvalue weighted by atomic mass is 10.1. The Balaban J connectivity index is 1.77. The molecule has 2 N–H and O–H groups in total. The van der Waals surface area contributed by atoms with Crippen molar-refractivity contribution in [3.63, 3.8) is 0 Å². The second-order valence-corrected chi connectivity index (χ2v) is 5.36. The number of anilines is 2. The van der Waals surface area contributed by atoms with Gasteiger partial charge in [-0.05, 0) is 6.42 Å². The molecule has 112 valence electrons. The van der Waals surface area contributed by atoms with Crippen LogP contribution in [0.3, 0.4) is 0 Å². The average Bonchev–Trinajstić information content (AvgIpc) is 2.90. The predicted molar refractivity (Wildman–Crippen MR) is 81.7 cm³/mol. The Morgan fingerprint density at radius 1 is 1.43 bits per heavy atom. The first-order valence-electron chi connectivity index (χ1n) is 7.08. The summed E-state index contributed by atoms with van der Waals surface area (Å²) in [6.45, 7) is 2.85. The number of fused-ring (bicyclic) bond motifs is 1. The van der Waals surface area contributed by atoms with Crippen molar-refractivity contribution >= 4 is 23.1 Å². The highest BCUT2D eigenvalue weighted by atomic mass is 35.5. The number of rotatable bonds is 4. The monoisotopic (exact) mass is 307 g/mol. The van der Waals surface area contributed by atoms with Gasteiger partial charge in [-0.2, -0.15) is 5.10 Å². The van der Waals surface area contributed by atoms with Gasteiger partial charge in [-0.3, -0.25) is 0 Å². The zero-order chi connectivity index (χ0) is 14.8. The summed E-state index contributed by atoms with van der Waals surface area (Å²) in [5.74, 6) is 2.70. The van der Waals surface area contributed by atoms with Crippen LogP contribution in [0, 0.1) is 0 Å². The maximum absolute atomic E-state index is 6.07. The number of hydrogen-bond donors (Lipinski definition) is 2. The van der Waals surface area contributed by atoms with Gasteiger partial charge >= 0.3 is 0 Å². The van der Waals surface area contributed by atoms with Crippen LogP contribution in [-0.2, 0) is 19.4 Å². The molecule has 1 unspecified atom stereocenters. The van der Waals surface area contributed by atoms with Gasteiger partial charge in [0, 0.05) is 25.9 Å². The number of aryl methyl sites for hydroxylation is 2. The first-order valence-corrected chi connectivity index (χ1v) is 7.46. The molecule has 0 amide bonds. The molecule has 0 spiro atoms. The maximum atomic E-state index is 6.07. The van der Waals surface area contributed by atoms with Gasteiger partial charge < -0.3 is 10.6 Å². The van der Waals surface area contributed by atoms with E-state index in [0.717, 1.165) is 49.0 Å². The summed E-state index contributed by atoms with van der Waals surface area (Å²) in [6.07, 6.45) is 4.24. The van der Waals surface area contributed by atoms with Gasteiger partial charge in [-0.1, -0.05) is 18.5 Å². The highest BCUT2D eigenvalue weighted by Crippen LogP contribution is 2.27. The average molecular weight is 308 g/mol. The SMILES string of the molecule is CCc1nc2n(n1)CC(Nc1ncnc(Cl)c1NC)CC2. The Kier molecular flexibility index (Phi) is 3.92. The van der Waals surface area contributed by atoms with Gasteiger partial charge in [0.05, 0.1) is 6.54 Å². The molecule has 0 saturated carbocycles. The van der Waals surface area contributed by atoms with E-state index in [9.17, 15) is 0 Å². The van der Waals surface area contributed by atoms with E-state index in [2.05, 4.69) is 37.6 Å². The molecule has 21 heavy (non-hydrogen) atoms. The van der Waals surface area contributed by atoms with E-state index in [-0.39, 0.29) is 6.04 Å². The molecule has 0 fully saturated rings. The summed E-state index contributed by atoms with van der Waals surface area (Å²) in [4.78, 5) is 12.8. The Hall–Kier alpha value is -1.89. The van der Waals surface area contributed by atoms with E-state index in [4.69, 9.17) is 11.6 Å². The van der Waals surface area contributed by atoms with Crippen molar-refractivity contribution in [2.75, 3.05) is 17.7 Å². The minimum atomic E-state index is 0.252. The molecule has 7 nitrogen and oxygen atoms in total. The maximum Gasteiger partial charge on any atom is 0.157 e. The fourth-order valence-electron chi connectivity index (χ4n) is 2.52. The van der Waals surface area contributed by atoms with Crippen LogP contribution in [-0.4, -0.2) is 37.8 Å². The first-order chi connectivity index (χ1) is 10.2. The van der Waals surface area contributed by atoms with Crippen molar-refractivity contribution in [1.29, 1.82) is 0 Å². The number of aromatic nitrogens is 5. The second-order valence-electron chi connectivity index (χ2n) is 5.00. The molecule has 3 rings (SSSR count).